The molecule has 0 aliphatic heterocycles. The second-order valence-electron chi connectivity index (χ2n) is 3.63. The van der Waals surface area contributed by atoms with Crippen molar-refractivity contribution in [1.29, 1.82) is 0 Å². The maximum absolute atomic E-state index is 5.54. The molecular formula is C12H18N2O. The van der Waals surface area contributed by atoms with Crippen molar-refractivity contribution >= 4 is 11.5 Å². The fraction of sp³-hybridized carbons (Fsp3) is 0.417. The summed E-state index contributed by atoms with van der Waals surface area (Å²) in [7, 11) is 1.76. The Labute approximate surface area is 91.2 Å². The van der Waals surface area contributed by atoms with Gasteiger partial charge in [0.2, 0.25) is 0 Å². The van der Waals surface area contributed by atoms with Gasteiger partial charge in [-0.3, -0.25) is 4.99 Å². The van der Waals surface area contributed by atoms with Gasteiger partial charge in [-0.1, -0.05) is 0 Å². The molecule has 0 saturated carbocycles. The number of rotatable bonds is 3. The molecule has 0 aliphatic carbocycles. The summed E-state index contributed by atoms with van der Waals surface area (Å²) >= 11 is 0. The molecule has 3 nitrogen and oxygen atoms in total. The SMILES string of the molecule is CN=C(C)Nc1ccc(OC(C)C)cc1. The maximum Gasteiger partial charge on any atom is 0.119 e. The van der Waals surface area contributed by atoms with Crippen LogP contribution in [0.25, 0.3) is 0 Å². The van der Waals surface area contributed by atoms with Crippen LogP contribution in [0.15, 0.2) is 29.3 Å². The Balaban J connectivity index is 2.64. The van der Waals surface area contributed by atoms with Gasteiger partial charge in [-0.05, 0) is 45.0 Å². The highest BCUT2D eigenvalue weighted by molar-refractivity contribution is 5.93. The van der Waals surface area contributed by atoms with Crippen molar-refractivity contribution < 1.29 is 4.74 Å². The van der Waals surface area contributed by atoms with Crippen LogP contribution >= 0.6 is 0 Å². The number of nitrogens with one attached hydrogen (secondary N) is 1. The van der Waals surface area contributed by atoms with E-state index in [-0.39, 0.29) is 6.10 Å². The first-order valence-corrected chi connectivity index (χ1v) is 5.09. The van der Waals surface area contributed by atoms with E-state index in [2.05, 4.69) is 10.3 Å². The number of benzene rings is 1. The topological polar surface area (TPSA) is 33.6 Å². The van der Waals surface area contributed by atoms with E-state index in [0.29, 0.717) is 0 Å². The van der Waals surface area contributed by atoms with Crippen LogP contribution in [-0.2, 0) is 0 Å². The zero-order valence-electron chi connectivity index (χ0n) is 9.74. The van der Waals surface area contributed by atoms with Crippen molar-refractivity contribution in [2.45, 2.75) is 26.9 Å². The Bertz CT molecular complexity index is 328. The van der Waals surface area contributed by atoms with Gasteiger partial charge in [0.15, 0.2) is 0 Å². The minimum Gasteiger partial charge on any atom is -0.491 e. The molecule has 1 N–H and O–H groups in total. The van der Waals surface area contributed by atoms with Crippen molar-refractivity contribution in [3.63, 3.8) is 0 Å². The number of anilines is 1. The monoisotopic (exact) mass is 206 g/mol. The number of hydrogen-bond donors (Lipinski definition) is 1. The van der Waals surface area contributed by atoms with Crippen molar-refractivity contribution in [3.05, 3.63) is 24.3 Å². The minimum absolute atomic E-state index is 0.211. The largest absolute Gasteiger partial charge is 0.491 e. The summed E-state index contributed by atoms with van der Waals surface area (Å²) in [5.41, 5.74) is 1.02. The zero-order valence-corrected chi connectivity index (χ0v) is 9.74. The second-order valence-corrected chi connectivity index (χ2v) is 3.63. The first-order valence-electron chi connectivity index (χ1n) is 5.09. The molecular weight excluding hydrogens is 188 g/mol. The Morgan fingerprint density at radius 1 is 1.27 bits per heavy atom. The average Bonchev–Trinajstić information content (AvgIpc) is 2.20. The third-order valence-electron chi connectivity index (χ3n) is 1.89. The van der Waals surface area contributed by atoms with E-state index in [0.717, 1.165) is 17.3 Å². The average molecular weight is 206 g/mol. The molecule has 1 aromatic rings. The molecule has 1 aromatic carbocycles. The number of amidine groups is 1. The van der Waals surface area contributed by atoms with Crippen LogP contribution in [0.3, 0.4) is 0 Å². The Hall–Kier alpha value is -1.51. The Morgan fingerprint density at radius 3 is 2.33 bits per heavy atom. The summed E-state index contributed by atoms with van der Waals surface area (Å²) in [5.74, 6) is 1.79. The van der Waals surface area contributed by atoms with Crippen LogP contribution in [0, 0.1) is 0 Å². The van der Waals surface area contributed by atoms with Crippen molar-refractivity contribution in [2.24, 2.45) is 4.99 Å². The predicted octanol–water partition coefficient (Wildman–Crippen LogP) is 2.93. The van der Waals surface area contributed by atoms with Crippen molar-refractivity contribution in [2.75, 3.05) is 12.4 Å². The van der Waals surface area contributed by atoms with Crippen LogP contribution in [-0.4, -0.2) is 19.0 Å². The molecule has 0 aliphatic rings. The van der Waals surface area contributed by atoms with E-state index in [4.69, 9.17) is 4.74 Å². The molecule has 82 valence electrons. The number of ether oxygens (including phenoxy) is 1. The molecule has 0 amide bonds. The summed E-state index contributed by atoms with van der Waals surface area (Å²) in [5, 5.41) is 3.17. The third-order valence-corrected chi connectivity index (χ3v) is 1.89. The highest BCUT2D eigenvalue weighted by Crippen LogP contribution is 2.16. The Kier molecular flexibility index (Phi) is 4.16. The van der Waals surface area contributed by atoms with E-state index >= 15 is 0 Å². The highest BCUT2D eigenvalue weighted by atomic mass is 16.5. The summed E-state index contributed by atoms with van der Waals surface area (Å²) in [6, 6.07) is 7.86. The molecule has 1 rings (SSSR count). The first kappa shape index (κ1) is 11.6. The molecule has 15 heavy (non-hydrogen) atoms. The predicted molar refractivity (Wildman–Crippen MR) is 64.9 cm³/mol. The van der Waals surface area contributed by atoms with Crippen LogP contribution in [0.2, 0.25) is 0 Å². The normalized spacial score (nSPS) is 11.7. The smallest absolute Gasteiger partial charge is 0.119 e. The quantitative estimate of drug-likeness (QED) is 0.609. The molecule has 0 spiro atoms. The van der Waals surface area contributed by atoms with Gasteiger partial charge >= 0.3 is 0 Å². The molecule has 0 heterocycles. The lowest BCUT2D eigenvalue weighted by atomic mass is 10.3. The Morgan fingerprint density at radius 2 is 1.87 bits per heavy atom. The third kappa shape index (κ3) is 4.02. The molecule has 3 heteroatoms. The van der Waals surface area contributed by atoms with Crippen LogP contribution < -0.4 is 10.1 Å². The summed E-state index contributed by atoms with van der Waals surface area (Å²) in [6.45, 7) is 5.96. The highest BCUT2D eigenvalue weighted by Gasteiger charge is 1.98. The maximum atomic E-state index is 5.54. The van der Waals surface area contributed by atoms with Crippen LogP contribution in [0.5, 0.6) is 5.75 Å². The molecule has 0 radical (unpaired) electrons. The summed E-state index contributed by atoms with van der Waals surface area (Å²) in [6.07, 6.45) is 0.211. The number of nitrogens with zero attached hydrogens (tertiary/aromatic N) is 1. The summed E-state index contributed by atoms with van der Waals surface area (Å²) in [4.78, 5) is 4.03. The number of hydrogen-bond acceptors (Lipinski definition) is 2. The lowest BCUT2D eigenvalue weighted by Crippen LogP contribution is -2.07. The zero-order chi connectivity index (χ0) is 11.3. The van der Waals surface area contributed by atoms with Gasteiger partial charge in [-0.2, -0.15) is 0 Å². The molecule has 0 unspecified atom stereocenters. The standard InChI is InChI=1S/C12H18N2O/c1-9(2)15-12-7-5-11(6-8-12)14-10(3)13-4/h5-9H,1-4H3,(H,13,14). The second kappa shape index (κ2) is 5.39. The van der Waals surface area contributed by atoms with Crippen molar-refractivity contribution in [1.82, 2.24) is 0 Å². The van der Waals surface area contributed by atoms with Gasteiger partial charge in [0.25, 0.3) is 0 Å². The molecule has 0 atom stereocenters. The van der Waals surface area contributed by atoms with Crippen LogP contribution in [0.4, 0.5) is 5.69 Å². The van der Waals surface area contributed by atoms with Gasteiger partial charge in [0.05, 0.1) is 11.9 Å². The van der Waals surface area contributed by atoms with Gasteiger partial charge in [0.1, 0.15) is 5.75 Å². The van der Waals surface area contributed by atoms with Gasteiger partial charge in [-0.25, -0.2) is 0 Å². The first-order chi connectivity index (χ1) is 7.11. The summed E-state index contributed by atoms with van der Waals surface area (Å²) < 4.78 is 5.54. The van der Waals surface area contributed by atoms with Crippen LogP contribution in [0.1, 0.15) is 20.8 Å². The molecule has 0 bridgehead atoms. The van der Waals surface area contributed by atoms with Gasteiger partial charge in [0, 0.05) is 12.7 Å². The molecule has 0 saturated heterocycles. The van der Waals surface area contributed by atoms with E-state index < -0.39 is 0 Å². The minimum atomic E-state index is 0.211. The molecule has 0 aromatic heterocycles. The van der Waals surface area contributed by atoms with E-state index in [1.807, 2.05) is 45.0 Å². The van der Waals surface area contributed by atoms with Gasteiger partial charge in [-0.15, -0.1) is 0 Å². The number of aliphatic imine (C=N–C) groups is 1. The van der Waals surface area contributed by atoms with Crippen molar-refractivity contribution in [3.8, 4) is 5.75 Å². The lowest BCUT2D eigenvalue weighted by molar-refractivity contribution is 0.242. The van der Waals surface area contributed by atoms with E-state index in [1.54, 1.807) is 7.05 Å². The van der Waals surface area contributed by atoms with E-state index in [9.17, 15) is 0 Å². The fourth-order valence-electron chi connectivity index (χ4n) is 1.15. The van der Waals surface area contributed by atoms with Gasteiger partial charge < -0.3 is 10.1 Å². The van der Waals surface area contributed by atoms with E-state index in [1.165, 1.54) is 0 Å². The lowest BCUT2D eigenvalue weighted by Gasteiger charge is -2.10. The fourth-order valence-corrected chi connectivity index (χ4v) is 1.15. The molecule has 0 fully saturated rings.